The fraction of sp³-hybridized carbons (Fsp3) is 0.636. The summed E-state index contributed by atoms with van der Waals surface area (Å²) in [6, 6.07) is 0. The molecule has 1 aromatic heterocycles. The summed E-state index contributed by atoms with van der Waals surface area (Å²) >= 11 is 1.41. The number of nitrogens with zero attached hydrogens (tertiary/aromatic N) is 1. The zero-order chi connectivity index (χ0) is 11.4. The van der Waals surface area contributed by atoms with E-state index in [1.807, 2.05) is 20.8 Å². The highest BCUT2D eigenvalue weighted by Crippen LogP contribution is 2.20. The number of rotatable bonds is 5. The molecule has 0 aliphatic heterocycles. The van der Waals surface area contributed by atoms with Crippen molar-refractivity contribution in [3.05, 3.63) is 15.6 Å². The molecule has 0 spiro atoms. The number of carbonyl (C=O) groups is 1. The molecule has 0 amide bonds. The first-order valence-corrected chi connectivity index (χ1v) is 5.96. The molecule has 1 aromatic rings. The fourth-order valence-corrected chi connectivity index (χ4v) is 2.34. The minimum Gasteiger partial charge on any atom is -0.396 e. The van der Waals surface area contributed by atoms with Crippen molar-refractivity contribution in [2.45, 2.75) is 33.6 Å². The molecule has 84 valence electrons. The lowest BCUT2D eigenvalue weighted by atomic mass is 10.1. The van der Waals surface area contributed by atoms with Gasteiger partial charge in [0.25, 0.3) is 0 Å². The number of carbonyl (C=O) groups excluding carboxylic acids is 1. The van der Waals surface area contributed by atoms with Gasteiger partial charge < -0.3 is 5.11 Å². The van der Waals surface area contributed by atoms with Crippen LogP contribution in [-0.2, 0) is 6.42 Å². The van der Waals surface area contributed by atoms with Crippen molar-refractivity contribution in [1.82, 2.24) is 4.98 Å². The summed E-state index contributed by atoms with van der Waals surface area (Å²) in [5, 5.41) is 9.42. The summed E-state index contributed by atoms with van der Waals surface area (Å²) < 4.78 is 0. The maximum atomic E-state index is 11.7. The second-order valence-corrected chi connectivity index (χ2v) is 5.11. The third-order valence-electron chi connectivity index (χ3n) is 2.06. The first kappa shape index (κ1) is 12.3. The van der Waals surface area contributed by atoms with E-state index in [0.29, 0.717) is 23.8 Å². The highest BCUT2D eigenvalue weighted by molar-refractivity contribution is 7.13. The van der Waals surface area contributed by atoms with Crippen molar-refractivity contribution in [2.75, 3.05) is 6.61 Å². The third-order valence-corrected chi connectivity index (χ3v) is 3.32. The van der Waals surface area contributed by atoms with Crippen LogP contribution in [0.25, 0.3) is 0 Å². The molecule has 4 heteroatoms. The van der Waals surface area contributed by atoms with Crippen LogP contribution in [0.15, 0.2) is 0 Å². The van der Waals surface area contributed by atoms with E-state index in [0.717, 1.165) is 10.6 Å². The van der Waals surface area contributed by atoms with E-state index < -0.39 is 0 Å². The number of aliphatic hydroxyl groups is 1. The Morgan fingerprint density at radius 2 is 2.20 bits per heavy atom. The van der Waals surface area contributed by atoms with E-state index in [4.69, 9.17) is 5.11 Å². The highest BCUT2D eigenvalue weighted by atomic mass is 32.1. The lowest BCUT2D eigenvalue weighted by molar-refractivity contribution is 0.0967. The summed E-state index contributed by atoms with van der Waals surface area (Å²) in [6.45, 7) is 6.04. The van der Waals surface area contributed by atoms with Crippen molar-refractivity contribution >= 4 is 17.1 Å². The summed E-state index contributed by atoms with van der Waals surface area (Å²) in [4.78, 5) is 17.0. The molecule has 0 aliphatic carbocycles. The monoisotopic (exact) mass is 227 g/mol. The van der Waals surface area contributed by atoms with Gasteiger partial charge in [0.2, 0.25) is 0 Å². The number of aliphatic hydroxyl groups excluding tert-OH is 1. The van der Waals surface area contributed by atoms with Gasteiger partial charge in [0, 0.05) is 24.3 Å². The Labute approximate surface area is 94.2 Å². The van der Waals surface area contributed by atoms with Gasteiger partial charge in [0.05, 0.1) is 5.69 Å². The van der Waals surface area contributed by atoms with Gasteiger partial charge in [0.15, 0.2) is 10.8 Å². The number of ketones is 1. The molecule has 0 atom stereocenters. The summed E-state index contributed by atoms with van der Waals surface area (Å²) in [6.07, 6.45) is 1.14. The van der Waals surface area contributed by atoms with Gasteiger partial charge in [-0.3, -0.25) is 4.79 Å². The highest BCUT2D eigenvalue weighted by Gasteiger charge is 2.15. The van der Waals surface area contributed by atoms with Crippen molar-refractivity contribution in [3.63, 3.8) is 0 Å². The molecule has 1 rings (SSSR count). The Hall–Kier alpha value is -0.740. The average molecular weight is 227 g/mol. The Morgan fingerprint density at radius 1 is 1.53 bits per heavy atom. The van der Waals surface area contributed by atoms with E-state index in [1.54, 1.807) is 0 Å². The number of thiazole rings is 1. The molecule has 1 heterocycles. The molecule has 0 aliphatic rings. The molecule has 1 N–H and O–H groups in total. The van der Waals surface area contributed by atoms with Crippen molar-refractivity contribution in [1.29, 1.82) is 0 Å². The van der Waals surface area contributed by atoms with Crippen LogP contribution in [-0.4, -0.2) is 22.5 Å². The van der Waals surface area contributed by atoms with Crippen LogP contribution in [0.5, 0.6) is 0 Å². The van der Waals surface area contributed by atoms with Crippen LogP contribution in [0.4, 0.5) is 0 Å². The van der Waals surface area contributed by atoms with Gasteiger partial charge in [-0.05, 0) is 12.8 Å². The van der Waals surface area contributed by atoms with Crippen molar-refractivity contribution < 1.29 is 9.90 Å². The normalized spacial score (nSPS) is 11.0. The molecule has 0 unspecified atom stereocenters. The van der Waals surface area contributed by atoms with Crippen LogP contribution in [0.1, 0.15) is 40.6 Å². The molecule has 0 saturated carbocycles. The first-order chi connectivity index (χ1) is 7.04. The minimum absolute atomic E-state index is 0.112. The molecule has 0 saturated heterocycles. The summed E-state index contributed by atoms with van der Waals surface area (Å²) in [5.74, 6) is 0.477. The predicted octanol–water partition coefficient (Wildman–Crippen LogP) is 2.22. The first-order valence-electron chi connectivity index (χ1n) is 5.15. The Balaban J connectivity index is 2.78. The Kier molecular flexibility index (Phi) is 4.42. The third kappa shape index (κ3) is 3.39. The van der Waals surface area contributed by atoms with E-state index in [-0.39, 0.29) is 12.4 Å². The van der Waals surface area contributed by atoms with Crippen LogP contribution >= 0.6 is 11.3 Å². The van der Waals surface area contributed by atoms with Gasteiger partial charge in [-0.25, -0.2) is 4.98 Å². The second-order valence-electron chi connectivity index (χ2n) is 4.02. The molecular weight excluding hydrogens is 210 g/mol. The largest absolute Gasteiger partial charge is 0.396 e. The molecule has 0 radical (unpaired) electrons. The van der Waals surface area contributed by atoms with E-state index in [2.05, 4.69) is 4.98 Å². The van der Waals surface area contributed by atoms with Gasteiger partial charge in [0.1, 0.15) is 0 Å². The van der Waals surface area contributed by atoms with Gasteiger partial charge in [-0.2, -0.15) is 0 Å². The minimum atomic E-state index is 0.112. The number of aryl methyl sites for hydroxylation is 1. The van der Waals surface area contributed by atoms with Crippen molar-refractivity contribution in [3.8, 4) is 0 Å². The average Bonchev–Trinajstić information content (AvgIpc) is 2.47. The lowest BCUT2D eigenvalue weighted by Gasteiger charge is -1.99. The molecule has 3 nitrogen and oxygen atoms in total. The standard InChI is InChI=1S/C11H17NO2S/c1-7(2)6-9(14)11-12-8(3)10(15-11)4-5-13/h7,13H,4-6H2,1-3H3. The van der Waals surface area contributed by atoms with Crippen LogP contribution in [0.2, 0.25) is 0 Å². The quantitative estimate of drug-likeness (QED) is 0.785. The Bertz CT molecular complexity index is 344. The number of aromatic nitrogens is 1. The van der Waals surface area contributed by atoms with Gasteiger partial charge in [-0.15, -0.1) is 11.3 Å². The molecule has 15 heavy (non-hydrogen) atoms. The maximum Gasteiger partial charge on any atom is 0.191 e. The van der Waals surface area contributed by atoms with Crippen molar-refractivity contribution in [2.24, 2.45) is 5.92 Å². The number of hydrogen-bond acceptors (Lipinski definition) is 4. The summed E-state index contributed by atoms with van der Waals surface area (Å²) in [5.41, 5.74) is 0.876. The molecule has 0 aromatic carbocycles. The van der Waals surface area contributed by atoms with Crippen LogP contribution in [0.3, 0.4) is 0 Å². The topological polar surface area (TPSA) is 50.2 Å². The van der Waals surface area contributed by atoms with Crippen LogP contribution < -0.4 is 0 Å². The lowest BCUT2D eigenvalue weighted by Crippen LogP contribution is -2.02. The van der Waals surface area contributed by atoms with Crippen LogP contribution in [0, 0.1) is 12.8 Å². The van der Waals surface area contributed by atoms with E-state index in [1.165, 1.54) is 11.3 Å². The molecule has 0 fully saturated rings. The molecular formula is C11H17NO2S. The predicted molar refractivity (Wildman–Crippen MR) is 61.4 cm³/mol. The SMILES string of the molecule is Cc1nc(C(=O)CC(C)C)sc1CCO. The smallest absolute Gasteiger partial charge is 0.191 e. The van der Waals surface area contributed by atoms with E-state index >= 15 is 0 Å². The zero-order valence-electron chi connectivity index (χ0n) is 9.41. The maximum absolute atomic E-state index is 11.7. The van der Waals surface area contributed by atoms with Gasteiger partial charge in [-0.1, -0.05) is 13.8 Å². The fourth-order valence-electron chi connectivity index (χ4n) is 1.34. The van der Waals surface area contributed by atoms with Gasteiger partial charge >= 0.3 is 0 Å². The number of Topliss-reactive ketones (excluding diaryl/α,β-unsaturated/α-hetero) is 1. The summed E-state index contributed by atoms with van der Waals surface area (Å²) in [7, 11) is 0. The van der Waals surface area contributed by atoms with E-state index in [9.17, 15) is 4.79 Å². The zero-order valence-corrected chi connectivity index (χ0v) is 10.2. The molecule has 0 bridgehead atoms. The Morgan fingerprint density at radius 3 is 2.73 bits per heavy atom. The second kappa shape index (κ2) is 5.37. The number of hydrogen-bond donors (Lipinski definition) is 1.